The molecule has 2 aromatic heterocycles. The van der Waals surface area contributed by atoms with Crippen molar-refractivity contribution in [3.8, 4) is 0 Å². The summed E-state index contributed by atoms with van der Waals surface area (Å²) in [5.74, 6) is -0.562. The average Bonchev–Trinajstić information content (AvgIpc) is 3.01. The summed E-state index contributed by atoms with van der Waals surface area (Å²) in [6.45, 7) is 2.76. The van der Waals surface area contributed by atoms with E-state index in [-0.39, 0.29) is 12.2 Å². The number of carbonyl (C=O) groups is 1. The number of hydrogen-bond donors (Lipinski definition) is 0. The van der Waals surface area contributed by atoms with Crippen molar-refractivity contribution >= 4 is 21.8 Å². The van der Waals surface area contributed by atoms with Crippen molar-refractivity contribution in [3.05, 3.63) is 33.8 Å². The SMILES string of the molecule is CCn1cc(Br)c(CN(C)C(=O)c2cc(C(F)(F)F)nn2C)n1. The lowest BCUT2D eigenvalue weighted by molar-refractivity contribution is -0.141. The van der Waals surface area contributed by atoms with Crippen molar-refractivity contribution in [2.75, 3.05) is 7.05 Å². The number of halogens is 4. The first-order chi connectivity index (χ1) is 10.6. The topological polar surface area (TPSA) is 56.0 Å². The fourth-order valence-electron chi connectivity index (χ4n) is 2.00. The van der Waals surface area contributed by atoms with Crippen LogP contribution in [0.15, 0.2) is 16.7 Å². The Morgan fingerprint density at radius 1 is 1.39 bits per heavy atom. The van der Waals surface area contributed by atoms with Crippen molar-refractivity contribution < 1.29 is 18.0 Å². The average molecular weight is 394 g/mol. The van der Waals surface area contributed by atoms with Crippen LogP contribution in [-0.4, -0.2) is 37.4 Å². The minimum Gasteiger partial charge on any atom is -0.334 e. The van der Waals surface area contributed by atoms with Gasteiger partial charge >= 0.3 is 6.18 Å². The third-order valence-corrected chi connectivity index (χ3v) is 3.90. The largest absolute Gasteiger partial charge is 0.435 e. The van der Waals surface area contributed by atoms with Gasteiger partial charge < -0.3 is 4.90 Å². The Morgan fingerprint density at radius 2 is 2.04 bits per heavy atom. The second-order valence-electron chi connectivity index (χ2n) is 4.98. The number of alkyl halides is 3. The second kappa shape index (κ2) is 6.34. The van der Waals surface area contributed by atoms with E-state index in [0.717, 1.165) is 15.2 Å². The third-order valence-electron chi connectivity index (χ3n) is 3.23. The van der Waals surface area contributed by atoms with Gasteiger partial charge in [-0.05, 0) is 22.9 Å². The highest BCUT2D eigenvalue weighted by molar-refractivity contribution is 9.10. The van der Waals surface area contributed by atoms with Gasteiger partial charge in [-0.2, -0.15) is 23.4 Å². The molecule has 0 aliphatic carbocycles. The van der Waals surface area contributed by atoms with E-state index < -0.39 is 17.8 Å². The molecular formula is C13H15BrF3N5O. The number of carbonyl (C=O) groups excluding carboxylic acids is 1. The first kappa shape index (κ1) is 17.5. The van der Waals surface area contributed by atoms with Crippen LogP contribution in [0.2, 0.25) is 0 Å². The molecule has 2 aromatic rings. The van der Waals surface area contributed by atoms with Gasteiger partial charge in [-0.1, -0.05) is 0 Å². The lowest BCUT2D eigenvalue weighted by atomic mass is 10.3. The monoisotopic (exact) mass is 393 g/mol. The van der Waals surface area contributed by atoms with Gasteiger partial charge in [0.25, 0.3) is 5.91 Å². The van der Waals surface area contributed by atoms with Crippen LogP contribution in [0.1, 0.15) is 28.8 Å². The quantitative estimate of drug-likeness (QED) is 0.802. The second-order valence-corrected chi connectivity index (χ2v) is 5.83. The van der Waals surface area contributed by atoms with Crippen LogP contribution in [0.3, 0.4) is 0 Å². The van der Waals surface area contributed by atoms with Crippen LogP contribution in [0, 0.1) is 0 Å². The van der Waals surface area contributed by atoms with Gasteiger partial charge in [-0.3, -0.25) is 14.2 Å². The molecule has 10 heteroatoms. The molecule has 23 heavy (non-hydrogen) atoms. The van der Waals surface area contributed by atoms with Crippen LogP contribution in [-0.2, 0) is 26.3 Å². The maximum absolute atomic E-state index is 12.7. The van der Waals surface area contributed by atoms with Gasteiger partial charge in [0.2, 0.25) is 0 Å². The molecule has 0 spiro atoms. The summed E-state index contributed by atoms with van der Waals surface area (Å²) in [5, 5.41) is 7.63. The highest BCUT2D eigenvalue weighted by atomic mass is 79.9. The summed E-state index contributed by atoms with van der Waals surface area (Å²) in [4.78, 5) is 13.6. The molecule has 0 N–H and O–H groups in total. The van der Waals surface area contributed by atoms with Crippen LogP contribution >= 0.6 is 15.9 Å². The molecule has 6 nitrogen and oxygen atoms in total. The minimum absolute atomic E-state index is 0.133. The zero-order chi connectivity index (χ0) is 17.4. The van der Waals surface area contributed by atoms with E-state index in [9.17, 15) is 18.0 Å². The number of amides is 1. The maximum atomic E-state index is 12.7. The summed E-state index contributed by atoms with van der Waals surface area (Å²) in [6.07, 6.45) is -2.81. The molecule has 0 saturated carbocycles. The molecule has 0 aliphatic heterocycles. The van der Waals surface area contributed by atoms with Gasteiger partial charge in [-0.15, -0.1) is 0 Å². The van der Waals surface area contributed by atoms with Gasteiger partial charge in [0, 0.05) is 32.9 Å². The Bertz CT molecular complexity index is 722. The molecule has 0 unspecified atom stereocenters. The number of rotatable bonds is 4. The molecular weight excluding hydrogens is 379 g/mol. The Morgan fingerprint density at radius 3 is 2.52 bits per heavy atom. The van der Waals surface area contributed by atoms with Gasteiger partial charge in [0.1, 0.15) is 5.69 Å². The number of aromatic nitrogens is 4. The predicted octanol–water partition coefficient (Wildman–Crippen LogP) is 2.69. The van der Waals surface area contributed by atoms with Crippen LogP contribution in [0.25, 0.3) is 0 Å². The Kier molecular flexibility index (Phi) is 4.83. The van der Waals surface area contributed by atoms with E-state index in [1.807, 2.05) is 6.92 Å². The third kappa shape index (κ3) is 3.74. The molecule has 0 bridgehead atoms. The van der Waals surface area contributed by atoms with Gasteiger partial charge in [0.15, 0.2) is 5.69 Å². The molecule has 0 radical (unpaired) electrons. The maximum Gasteiger partial charge on any atom is 0.435 e. The Hall–Kier alpha value is -1.84. The minimum atomic E-state index is -4.59. The summed E-state index contributed by atoms with van der Waals surface area (Å²) >= 11 is 3.35. The van der Waals surface area contributed by atoms with Crippen molar-refractivity contribution in [1.29, 1.82) is 0 Å². The van der Waals surface area contributed by atoms with Crippen LogP contribution < -0.4 is 0 Å². The van der Waals surface area contributed by atoms with Crippen molar-refractivity contribution in [2.24, 2.45) is 7.05 Å². The fourth-order valence-corrected chi connectivity index (χ4v) is 2.45. The lowest BCUT2D eigenvalue weighted by Crippen LogP contribution is -2.28. The zero-order valence-corrected chi connectivity index (χ0v) is 14.3. The molecule has 0 fully saturated rings. The van der Waals surface area contributed by atoms with Crippen molar-refractivity contribution in [2.45, 2.75) is 26.2 Å². The molecule has 0 atom stereocenters. The number of aryl methyl sites for hydroxylation is 2. The van der Waals surface area contributed by atoms with E-state index in [0.29, 0.717) is 12.2 Å². The molecule has 0 aliphatic rings. The number of nitrogens with zero attached hydrogens (tertiary/aromatic N) is 5. The lowest BCUT2D eigenvalue weighted by Gasteiger charge is -2.16. The van der Waals surface area contributed by atoms with Crippen LogP contribution in [0.5, 0.6) is 0 Å². The van der Waals surface area contributed by atoms with Crippen molar-refractivity contribution in [1.82, 2.24) is 24.5 Å². The normalized spacial score (nSPS) is 11.8. The summed E-state index contributed by atoms with van der Waals surface area (Å²) in [5.41, 5.74) is -0.597. The molecule has 2 rings (SSSR count). The first-order valence-electron chi connectivity index (χ1n) is 6.72. The van der Waals surface area contributed by atoms with E-state index in [2.05, 4.69) is 26.1 Å². The van der Waals surface area contributed by atoms with Gasteiger partial charge in [0.05, 0.1) is 16.7 Å². The standard InChI is InChI=1S/C13H15BrF3N5O/c1-4-22-6-8(14)9(18-22)7-20(2)12(23)10-5-11(13(15,16)17)19-21(10)3/h5-6H,4,7H2,1-3H3. The van der Waals surface area contributed by atoms with Crippen molar-refractivity contribution in [3.63, 3.8) is 0 Å². The first-order valence-corrected chi connectivity index (χ1v) is 7.51. The predicted molar refractivity (Wildman–Crippen MR) is 79.6 cm³/mol. The molecule has 2 heterocycles. The zero-order valence-electron chi connectivity index (χ0n) is 12.7. The molecule has 1 amide bonds. The fraction of sp³-hybridized carbons (Fsp3) is 0.462. The van der Waals surface area contributed by atoms with Gasteiger partial charge in [-0.25, -0.2) is 0 Å². The summed E-state index contributed by atoms with van der Waals surface area (Å²) < 4.78 is 41.4. The smallest absolute Gasteiger partial charge is 0.334 e. The van der Waals surface area contributed by atoms with E-state index in [1.54, 1.807) is 10.9 Å². The summed E-state index contributed by atoms with van der Waals surface area (Å²) in [6, 6.07) is 0.749. The Labute approximate surface area is 139 Å². The summed E-state index contributed by atoms with van der Waals surface area (Å²) in [7, 11) is 2.80. The van der Waals surface area contributed by atoms with E-state index in [1.165, 1.54) is 19.0 Å². The van der Waals surface area contributed by atoms with Crippen LogP contribution in [0.4, 0.5) is 13.2 Å². The molecule has 126 valence electrons. The molecule has 0 aromatic carbocycles. The highest BCUT2D eigenvalue weighted by Crippen LogP contribution is 2.28. The molecule has 0 saturated heterocycles. The van der Waals surface area contributed by atoms with E-state index in [4.69, 9.17) is 0 Å². The Balaban J connectivity index is 2.19. The highest BCUT2D eigenvalue weighted by Gasteiger charge is 2.35. The van der Waals surface area contributed by atoms with E-state index >= 15 is 0 Å². The number of hydrogen-bond acceptors (Lipinski definition) is 3.